The maximum absolute atomic E-state index is 13.2. The van der Waals surface area contributed by atoms with Crippen molar-refractivity contribution in [1.82, 2.24) is 15.1 Å². The maximum atomic E-state index is 13.2. The Balaban J connectivity index is 2.07. The number of nitrogens with zero attached hydrogens (tertiary/aromatic N) is 2. The van der Waals surface area contributed by atoms with Crippen molar-refractivity contribution in [2.24, 2.45) is 5.41 Å². The van der Waals surface area contributed by atoms with Crippen LogP contribution in [0.2, 0.25) is 0 Å². The van der Waals surface area contributed by atoms with Crippen LogP contribution in [-0.2, 0) is 9.53 Å². The number of amides is 2. The molecule has 2 amide bonds. The average Bonchev–Trinajstić information content (AvgIpc) is 2.57. The van der Waals surface area contributed by atoms with E-state index >= 15 is 0 Å². The number of piperazine rings is 1. The predicted molar refractivity (Wildman–Crippen MR) is 111 cm³/mol. The van der Waals surface area contributed by atoms with E-state index in [0.717, 1.165) is 25.2 Å². The van der Waals surface area contributed by atoms with Crippen LogP contribution in [0.3, 0.4) is 0 Å². The summed E-state index contributed by atoms with van der Waals surface area (Å²) in [7, 11) is 0. The minimum Gasteiger partial charge on any atom is -0.444 e. The third-order valence-corrected chi connectivity index (χ3v) is 4.42. The van der Waals surface area contributed by atoms with Crippen LogP contribution in [0.15, 0.2) is 30.3 Å². The van der Waals surface area contributed by atoms with E-state index in [1.807, 2.05) is 35.2 Å². The lowest BCUT2D eigenvalue weighted by atomic mass is 9.95. The molecule has 1 aliphatic heterocycles. The van der Waals surface area contributed by atoms with E-state index in [2.05, 4.69) is 31.0 Å². The first-order valence-corrected chi connectivity index (χ1v) is 10.0. The summed E-state index contributed by atoms with van der Waals surface area (Å²) in [6, 6.07) is 8.60. The van der Waals surface area contributed by atoms with Gasteiger partial charge in [0.2, 0.25) is 5.91 Å². The zero-order chi connectivity index (χ0) is 20.9. The third kappa shape index (κ3) is 7.15. The van der Waals surface area contributed by atoms with Crippen molar-refractivity contribution >= 4 is 12.0 Å². The first kappa shape index (κ1) is 22.2. The number of nitrogens with one attached hydrogen (secondary N) is 1. The van der Waals surface area contributed by atoms with Crippen molar-refractivity contribution < 1.29 is 14.3 Å². The number of ether oxygens (including phenoxy) is 1. The fourth-order valence-electron chi connectivity index (χ4n) is 3.34. The molecule has 6 nitrogen and oxygen atoms in total. The van der Waals surface area contributed by atoms with Crippen LogP contribution in [0, 0.1) is 5.41 Å². The van der Waals surface area contributed by atoms with Gasteiger partial charge < -0.3 is 15.0 Å². The topological polar surface area (TPSA) is 61.9 Å². The molecular formula is C22H35N3O3. The van der Waals surface area contributed by atoms with Gasteiger partial charge in [-0.1, -0.05) is 51.1 Å². The lowest BCUT2D eigenvalue weighted by molar-refractivity contribution is -0.135. The minimum absolute atomic E-state index is 0.0903. The van der Waals surface area contributed by atoms with E-state index in [4.69, 9.17) is 4.74 Å². The highest BCUT2D eigenvalue weighted by molar-refractivity contribution is 5.87. The van der Waals surface area contributed by atoms with Crippen LogP contribution in [0.5, 0.6) is 0 Å². The molecule has 1 N–H and O–H groups in total. The number of carbonyl (C=O) groups is 2. The van der Waals surface area contributed by atoms with Gasteiger partial charge in [-0.15, -0.1) is 0 Å². The molecule has 1 fully saturated rings. The molecule has 1 saturated heterocycles. The van der Waals surface area contributed by atoms with Gasteiger partial charge in [0, 0.05) is 32.7 Å². The Morgan fingerprint density at radius 2 is 1.57 bits per heavy atom. The van der Waals surface area contributed by atoms with E-state index in [1.165, 1.54) is 0 Å². The molecule has 0 bridgehead atoms. The summed E-state index contributed by atoms with van der Waals surface area (Å²) < 4.78 is 5.37. The smallest absolute Gasteiger partial charge is 0.408 e. The molecule has 28 heavy (non-hydrogen) atoms. The Morgan fingerprint density at radius 3 is 2.07 bits per heavy atom. The fraction of sp³-hybridized carbons (Fsp3) is 0.636. The van der Waals surface area contributed by atoms with E-state index in [0.29, 0.717) is 13.1 Å². The molecular weight excluding hydrogens is 354 g/mol. The first-order chi connectivity index (χ1) is 12.9. The van der Waals surface area contributed by atoms with Crippen molar-refractivity contribution in [3.05, 3.63) is 35.9 Å². The molecule has 1 unspecified atom stereocenters. The molecule has 1 atom stereocenters. The highest BCUT2D eigenvalue weighted by Gasteiger charge is 2.31. The summed E-state index contributed by atoms with van der Waals surface area (Å²) in [5, 5.41) is 2.77. The first-order valence-electron chi connectivity index (χ1n) is 10.0. The molecule has 1 aromatic carbocycles. The summed E-state index contributed by atoms with van der Waals surface area (Å²) in [4.78, 5) is 29.8. The zero-order valence-electron chi connectivity index (χ0n) is 18.1. The van der Waals surface area contributed by atoms with Gasteiger partial charge in [0.05, 0.1) is 0 Å². The molecule has 0 spiro atoms. The van der Waals surface area contributed by atoms with Gasteiger partial charge in [-0.05, 0) is 31.7 Å². The molecule has 0 aliphatic carbocycles. The van der Waals surface area contributed by atoms with Crippen molar-refractivity contribution in [2.75, 3.05) is 32.7 Å². The van der Waals surface area contributed by atoms with Crippen LogP contribution in [0.1, 0.15) is 53.1 Å². The van der Waals surface area contributed by atoms with Crippen LogP contribution in [-0.4, -0.2) is 60.1 Å². The fourth-order valence-corrected chi connectivity index (χ4v) is 3.34. The standard InChI is InChI=1S/C22H35N3O3/c1-21(2,3)16-24-12-14-25(15-13-24)19(26)18(17-10-8-7-9-11-17)23-20(27)28-22(4,5)6/h7-11,18H,12-16H2,1-6H3,(H,23,27). The molecule has 0 saturated carbocycles. The summed E-state index contributed by atoms with van der Waals surface area (Å²) >= 11 is 0. The van der Waals surface area contributed by atoms with Gasteiger partial charge >= 0.3 is 6.09 Å². The minimum atomic E-state index is -0.745. The predicted octanol–water partition coefficient (Wildman–Crippen LogP) is 3.44. The second-order valence-corrected chi connectivity index (χ2v) is 9.65. The number of rotatable bonds is 4. The van der Waals surface area contributed by atoms with E-state index in [9.17, 15) is 9.59 Å². The Morgan fingerprint density at radius 1 is 1.00 bits per heavy atom. The number of carbonyl (C=O) groups excluding carboxylic acids is 2. The number of benzene rings is 1. The Bertz CT molecular complexity index is 654. The van der Waals surface area contributed by atoms with E-state index in [1.54, 1.807) is 20.8 Å². The highest BCUT2D eigenvalue weighted by Crippen LogP contribution is 2.20. The normalized spacial score (nSPS) is 17.1. The molecule has 0 aromatic heterocycles. The van der Waals surface area contributed by atoms with Gasteiger partial charge in [-0.2, -0.15) is 0 Å². The Hall–Kier alpha value is -2.08. The van der Waals surface area contributed by atoms with Gasteiger partial charge in [0.1, 0.15) is 11.6 Å². The summed E-state index contributed by atoms with van der Waals surface area (Å²) in [5.41, 5.74) is 0.375. The van der Waals surface area contributed by atoms with Crippen LogP contribution in [0.25, 0.3) is 0 Å². The summed E-state index contributed by atoms with van der Waals surface area (Å²) in [5.74, 6) is -0.0903. The quantitative estimate of drug-likeness (QED) is 0.857. The van der Waals surface area contributed by atoms with Crippen molar-refractivity contribution in [1.29, 1.82) is 0 Å². The number of hydrogen-bond donors (Lipinski definition) is 1. The van der Waals surface area contributed by atoms with E-state index in [-0.39, 0.29) is 11.3 Å². The van der Waals surface area contributed by atoms with Gasteiger partial charge in [-0.25, -0.2) is 4.79 Å². The summed E-state index contributed by atoms with van der Waals surface area (Å²) in [6.07, 6.45) is -0.582. The number of hydrogen-bond acceptors (Lipinski definition) is 4. The summed E-state index contributed by atoms with van der Waals surface area (Å²) in [6.45, 7) is 16.1. The lowest BCUT2D eigenvalue weighted by Gasteiger charge is -2.39. The number of alkyl carbamates (subject to hydrolysis) is 1. The zero-order valence-corrected chi connectivity index (χ0v) is 18.1. The third-order valence-electron chi connectivity index (χ3n) is 4.42. The van der Waals surface area contributed by atoms with Crippen molar-refractivity contribution in [2.45, 2.75) is 53.2 Å². The average molecular weight is 390 g/mol. The van der Waals surface area contributed by atoms with Crippen LogP contribution < -0.4 is 5.32 Å². The van der Waals surface area contributed by atoms with E-state index < -0.39 is 17.7 Å². The Kier molecular flexibility index (Phi) is 7.10. The van der Waals surface area contributed by atoms with Gasteiger partial charge in [0.15, 0.2) is 0 Å². The molecule has 1 aromatic rings. The second-order valence-electron chi connectivity index (χ2n) is 9.65. The SMILES string of the molecule is CC(C)(C)CN1CCN(C(=O)C(NC(=O)OC(C)(C)C)c2ccccc2)CC1. The molecule has 0 radical (unpaired) electrons. The monoisotopic (exact) mass is 389 g/mol. The van der Waals surface area contributed by atoms with Gasteiger partial charge in [0.25, 0.3) is 0 Å². The highest BCUT2D eigenvalue weighted by atomic mass is 16.6. The van der Waals surface area contributed by atoms with Gasteiger partial charge in [-0.3, -0.25) is 9.69 Å². The molecule has 156 valence electrons. The molecule has 1 aliphatic rings. The van der Waals surface area contributed by atoms with Crippen molar-refractivity contribution in [3.63, 3.8) is 0 Å². The Labute approximate surface area is 169 Å². The van der Waals surface area contributed by atoms with Crippen molar-refractivity contribution in [3.8, 4) is 0 Å². The molecule has 1 heterocycles. The lowest BCUT2D eigenvalue weighted by Crippen LogP contribution is -2.53. The molecule has 2 rings (SSSR count). The second kappa shape index (κ2) is 8.95. The molecule has 6 heteroatoms. The van der Waals surface area contributed by atoms with Crippen LogP contribution >= 0.6 is 0 Å². The maximum Gasteiger partial charge on any atom is 0.408 e. The van der Waals surface area contributed by atoms with Crippen LogP contribution in [0.4, 0.5) is 4.79 Å². The largest absolute Gasteiger partial charge is 0.444 e.